The lowest BCUT2D eigenvalue weighted by Crippen LogP contribution is -2.43. The molecule has 0 bridgehead atoms. The number of hydrogen-bond donors (Lipinski definition) is 0. The number of rotatable bonds is 6. The molecule has 2 heterocycles. The third-order valence-corrected chi connectivity index (χ3v) is 6.56. The van der Waals surface area contributed by atoms with Crippen LogP contribution in [0.5, 0.6) is 0 Å². The number of hydrogen-bond acceptors (Lipinski definition) is 3. The van der Waals surface area contributed by atoms with Gasteiger partial charge in [0.1, 0.15) is 0 Å². The van der Waals surface area contributed by atoms with E-state index in [0.717, 1.165) is 23.9 Å². The van der Waals surface area contributed by atoms with Crippen LogP contribution in [0.1, 0.15) is 48.8 Å². The van der Waals surface area contributed by atoms with E-state index in [1.807, 2.05) is 17.9 Å². The molecule has 32 heavy (non-hydrogen) atoms. The van der Waals surface area contributed by atoms with Crippen molar-refractivity contribution in [3.8, 4) is 0 Å². The van der Waals surface area contributed by atoms with E-state index in [1.54, 1.807) is 0 Å². The Hall–Kier alpha value is -3.08. The number of aryl methyl sites for hydroxylation is 2. The maximum atomic E-state index is 13.5. The van der Waals surface area contributed by atoms with Crippen LogP contribution in [0.15, 0.2) is 54.7 Å². The zero-order valence-electron chi connectivity index (χ0n) is 19.2. The van der Waals surface area contributed by atoms with Crippen molar-refractivity contribution >= 4 is 22.8 Å². The van der Waals surface area contributed by atoms with E-state index in [4.69, 9.17) is 4.74 Å². The molecule has 1 amide bonds. The molecule has 0 unspecified atom stereocenters. The van der Waals surface area contributed by atoms with E-state index in [9.17, 15) is 9.59 Å². The summed E-state index contributed by atoms with van der Waals surface area (Å²) in [5.41, 5.74) is 4.66. The molecule has 0 spiro atoms. The Morgan fingerprint density at radius 1 is 1.12 bits per heavy atom. The first-order chi connectivity index (χ1) is 15.5. The lowest BCUT2D eigenvalue weighted by molar-refractivity contribution is -0.151. The summed E-state index contributed by atoms with van der Waals surface area (Å²) in [5.74, 6) is -0.355. The minimum absolute atomic E-state index is 0.0443. The van der Waals surface area contributed by atoms with Crippen LogP contribution in [0.2, 0.25) is 0 Å². The maximum Gasteiger partial charge on any atom is 0.310 e. The van der Waals surface area contributed by atoms with Gasteiger partial charge in [0.2, 0.25) is 5.91 Å². The predicted molar refractivity (Wildman–Crippen MR) is 126 cm³/mol. The number of likely N-dealkylation sites (tertiary alicyclic amines) is 1. The van der Waals surface area contributed by atoms with Crippen molar-refractivity contribution in [2.45, 2.75) is 39.0 Å². The number of fused-ring (bicyclic) bond motifs is 1. The molecular formula is C27H32N2O3. The molecular weight excluding hydrogens is 400 g/mol. The lowest BCUT2D eigenvalue weighted by Gasteiger charge is -2.32. The van der Waals surface area contributed by atoms with Gasteiger partial charge in [-0.3, -0.25) is 9.59 Å². The summed E-state index contributed by atoms with van der Waals surface area (Å²) in [6.45, 7) is 5.42. The zero-order valence-corrected chi connectivity index (χ0v) is 19.2. The van der Waals surface area contributed by atoms with Crippen LogP contribution >= 0.6 is 0 Å². The molecule has 1 fully saturated rings. The normalized spacial score (nSPS) is 17.3. The number of carbonyl (C=O) groups excluding carboxylic acids is 2. The Balaban J connectivity index is 1.63. The van der Waals surface area contributed by atoms with E-state index >= 15 is 0 Å². The highest BCUT2D eigenvalue weighted by molar-refractivity contribution is 5.87. The largest absolute Gasteiger partial charge is 0.466 e. The minimum atomic E-state index is -0.219. The molecule has 1 saturated heterocycles. The van der Waals surface area contributed by atoms with Crippen molar-refractivity contribution in [3.05, 3.63) is 71.4 Å². The molecule has 4 rings (SSSR count). The van der Waals surface area contributed by atoms with Crippen molar-refractivity contribution in [2.24, 2.45) is 13.0 Å². The van der Waals surface area contributed by atoms with Gasteiger partial charge in [0.25, 0.3) is 0 Å². The fourth-order valence-corrected chi connectivity index (χ4v) is 4.82. The molecule has 1 aliphatic heterocycles. The zero-order chi connectivity index (χ0) is 22.7. The number of para-hydroxylation sites is 1. The van der Waals surface area contributed by atoms with E-state index in [-0.39, 0.29) is 23.7 Å². The summed E-state index contributed by atoms with van der Waals surface area (Å²) in [4.78, 5) is 27.6. The standard InChI is InChI=1S/C27H32N2O3/c1-4-32-27(31)21-8-7-15-29(17-21)26(30)16-23(20-13-11-19(2)12-14-20)24-18-28(3)25-10-6-5-9-22(24)25/h5-6,9-14,18,21,23H,4,7-8,15-17H2,1-3H3/t21-,23+/m0/s1. The first-order valence-electron chi connectivity index (χ1n) is 11.5. The Morgan fingerprint density at radius 3 is 2.62 bits per heavy atom. The Bertz CT molecular complexity index is 1100. The smallest absolute Gasteiger partial charge is 0.310 e. The molecule has 0 saturated carbocycles. The van der Waals surface area contributed by atoms with Gasteiger partial charge >= 0.3 is 5.97 Å². The van der Waals surface area contributed by atoms with E-state index in [0.29, 0.717) is 26.1 Å². The summed E-state index contributed by atoms with van der Waals surface area (Å²) in [7, 11) is 2.05. The molecule has 0 N–H and O–H groups in total. The van der Waals surface area contributed by atoms with Gasteiger partial charge in [-0.15, -0.1) is 0 Å². The summed E-state index contributed by atoms with van der Waals surface area (Å²) < 4.78 is 7.34. The van der Waals surface area contributed by atoms with Crippen molar-refractivity contribution in [1.29, 1.82) is 0 Å². The van der Waals surface area contributed by atoms with Gasteiger partial charge in [-0.25, -0.2) is 0 Å². The van der Waals surface area contributed by atoms with Gasteiger partial charge in [-0.2, -0.15) is 0 Å². The highest BCUT2D eigenvalue weighted by atomic mass is 16.5. The van der Waals surface area contributed by atoms with Crippen LogP contribution in [-0.2, 0) is 21.4 Å². The maximum absolute atomic E-state index is 13.5. The number of piperidine rings is 1. The fourth-order valence-electron chi connectivity index (χ4n) is 4.82. The number of aromatic nitrogens is 1. The molecule has 1 aromatic heterocycles. The quantitative estimate of drug-likeness (QED) is 0.525. The summed E-state index contributed by atoms with van der Waals surface area (Å²) in [6, 6.07) is 16.8. The second-order valence-electron chi connectivity index (χ2n) is 8.81. The highest BCUT2D eigenvalue weighted by Crippen LogP contribution is 2.35. The number of esters is 1. The number of ether oxygens (including phenoxy) is 1. The molecule has 2 aromatic carbocycles. The molecule has 1 aliphatic rings. The van der Waals surface area contributed by atoms with Crippen LogP contribution in [-0.4, -0.2) is 41.0 Å². The first kappa shape index (κ1) is 22.1. The van der Waals surface area contributed by atoms with Crippen LogP contribution in [0.3, 0.4) is 0 Å². The van der Waals surface area contributed by atoms with Gasteiger partial charge in [-0.05, 0) is 43.9 Å². The van der Waals surface area contributed by atoms with Gasteiger partial charge in [0.15, 0.2) is 0 Å². The Kier molecular flexibility index (Phi) is 6.63. The molecule has 168 valence electrons. The van der Waals surface area contributed by atoms with Crippen LogP contribution in [0.4, 0.5) is 0 Å². The lowest BCUT2D eigenvalue weighted by atomic mass is 9.87. The van der Waals surface area contributed by atoms with Gasteiger partial charge in [0, 0.05) is 49.6 Å². The van der Waals surface area contributed by atoms with Crippen molar-refractivity contribution in [2.75, 3.05) is 19.7 Å². The molecule has 0 radical (unpaired) electrons. The molecule has 3 aromatic rings. The second kappa shape index (κ2) is 9.60. The monoisotopic (exact) mass is 432 g/mol. The topological polar surface area (TPSA) is 51.5 Å². The molecule has 5 heteroatoms. The molecule has 2 atom stereocenters. The van der Waals surface area contributed by atoms with Crippen molar-refractivity contribution < 1.29 is 14.3 Å². The van der Waals surface area contributed by atoms with Crippen molar-refractivity contribution in [1.82, 2.24) is 9.47 Å². The summed E-state index contributed by atoms with van der Waals surface area (Å²) >= 11 is 0. The Labute approximate surface area is 190 Å². The second-order valence-corrected chi connectivity index (χ2v) is 8.81. The third kappa shape index (κ3) is 4.57. The SMILES string of the molecule is CCOC(=O)[C@H]1CCCN(C(=O)C[C@H](c2ccc(C)cc2)c2cn(C)c3ccccc23)C1. The third-order valence-electron chi connectivity index (χ3n) is 6.56. The predicted octanol–water partition coefficient (Wildman–Crippen LogP) is 4.81. The molecule has 5 nitrogen and oxygen atoms in total. The van der Waals surface area contributed by atoms with E-state index in [1.165, 1.54) is 16.5 Å². The summed E-state index contributed by atoms with van der Waals surface area (Å²) in [6.07, 6.45) is 4.15. The number of carbonyl (C=O) groups is 2. The average Bonchev–Trinajstić information content (AvgIpc) is 3.15. The number of nitrogens with zero attached hydrogens (tertiary/aromatic N) is 2. The fraction of sp³-hybridized carbons (Fsp3) is 0.407. The average molecular weight is 433 g/mol. The first-order valence-corrected chi connectivity index (χ1v) is 11.5. The highest BCUT2D eigenvalue weighted by Gasteiger charge is 2.31. The van der Waals surface area contributed by atoms with Crippen LogP contribution < -0.4 is 0 Å². The van der Waals surface area contributed by atoms with Gasteiger partial charge in [0.05, 0.1) is 12.5 Å². The van der Waals surface area contributed by atoms with Crippen LogP contribution in [0.25, 0.3) is 10.9 Å². The number of benzene rings is 2. The minimum Gasteiger partial charge on any atom is -0.466 e. The van der Waals surface area contributed by atoms with Crippen molar-refractivity contribution in [3.63, 3.8) is 0 Å². The molecule has 0 aliphatic carbocycles. The van der Waals surface area contributed by atoms with E-state index in [2.05, 4.69) is 67.2 Å². The summed E-state index contributed by atoms with van der Waals surface area (Å²) in [5, 5.41) is 1.18. The van der Waals surface area contributed by atoms with Crippen LogP contribution in [0, 0.1) is 12.8 Å². The number of amides is 1. The van der Waals surface area contributed by atoms with Gasteiger partial charge < -0.3 is 14.2 Å². The van der Waals surface area contributed by atoms with Gasteiger partial charge in [-0.1, -0.05) is 48.0 Å². The van der Waals surface area contributed by atoms with E-state index < -0.39 is 0 Å². The Morgan fingerprint density at radius 2 is 1.88 bits per heavy atom.